The molecule has 0 bridgehead atoms. The minimum absolute atomic E-state index is 0. The van der Waals surface area contributed by atoms with Gasteiger partial charge in [-0.2, -0.15) is 0 Å². The largest absolute Gasteiger partial charge is 0.870 e. The van der Waals surface area contributed by atoms with Gasteiger partial charge in [-0.3, -0.25) is 0 Å². The number of hydrogen-bond donors (Lipinski definition) is 1. The Labute approximate surface area is 123 Å². The molecule has 2 aromatic carbocycles. The van der Waals surface area contributed by atoms with Gasteiger partial charge in [0.2, 0.25) is 5.69 Å². The minimum Gasteiger partial charge on any atom is -0.870 e. The Hall–Kier alpha value is -1.76. The zero-order valence-electron chi connectivity index (χ0n) is 11.6. The van der Waals surface area contributed by atoms with Crippen LogP contribution in [-0.2, 0) is 10.3 Å². The Morgan fingerprint density at radius 2 is 1.90 bits per heavy atom. The Bertz CT molecular complexity index is 812. The third kappa shape index (κ3) is 2.57. The number of benzene rings is 2. The molecule has 0 saturated heterocycles. The molecule has 0 spiro atoms. The van der Waals surface area contributed by atoms with Crippen molar-refractivity contribution in [2.45, 2.75) is 25.7 Å². The monoisotopic (exact) mass is 307 g/mol. The van der Waals surface area contributed by atoms with Gasteiger partial charge in [0.1, 0.15) is 0 Å². The molecule has 21 heavy (non-hydrogen) atoms. The van der Waals surface area contributed by atoms with Gasteiger partial charge in [0.15, 0.2) is 6.21 Å². The van der Waals surface area contributed by atoms with E-state index in [9.17, 15) is 13.0 Å². The van der Waals surface area contributed by atoms with Gasteiger partial charge in [-0.25, -0.2) is 4.55 Å². The standard InChI is InChI=1S/C15H15NO3S.H2O/c1-2-5-12-10-16(20(17,18)19)14-9-8-11-6-3-4-7-13(11)15(12)14;/h3-4,6-10,12H,2,5H2,1H3;1H2. The maximum Gasteiger partial charge on any atom is 0.511 e. The molecule has 3 rings (SSSR count). The molecule has 1 unspecified atom stereocenters. The topological polar surface area (TPSA) is 87.4 Å². The zero-order valence-corrected chi connectivity index (χ0v) is 12.4. The second kappa shape index (κ2) is 5.55. The van der Waals surface area contributed by atoms with Crippen LogP contribution >= 0.6 is 0 Å². The first-order chi connectivity index (χ1) is 9.52. The number of hydrogen-bond acceptors (Lipinski definition) is 3. The first-order valence-corrected chi connectivity index (χ1v) is 8.05. The molecule has 2 aromatic rings. The van der Waals surface area contributed by atoms with E-state index in [1.165, 1.54) is 0 Å². The molecule has 1 aliphatic rings. The lowest BCUT2D eigenvalue weighted by atomic mass is 9.92. The van der Waals surface area contributed by atoms with E-state index in [0.29, 0.717) is 5.69 Å². The van der Waals surface area contributed by atoms with E-state index in [1.54, 1.807) is 12.3 Å². The number of rotatable bonds is 3. The van der Waals surface area contributed by atoms with Crippen LogP contribution in [0.2, 0.25) is 0 Å². The third-order valence-corrected chi connectivity index (χ3v) is 4.54. The predicted octanol–water partition coefficient (Wildman–Crippen LogP) is 3.08. The highest BCUT2D eigenvalue weighted by Gasteiger charge is 2.38. The summed E-state index contributed by atoms with van der Waals surface area (Å²) in [6, 6.07) is 11.6. The molecule has 0 radical (unpaired) electrons. The van der Waals surface area contributed by atoms with Crippen LogP contribution in [0.3, 0.4) is 0 Å². The highest BCUT2D eigenvalue weighted by atomic mass is 32.2. The average Bonchev–Trinajstić information content (AvgIpc) is 2.78. The lowest BCUT2D eigenvalue weighted by molar-refractivity contribution is -0.264. The molecule has 1 aliphatic heterocycles. The second-order valence-electron chi connectivity index (χ2n) is 5.04. The van der Waals surface area contributed by atoms with Gasteiger partial charge in [-0.15, -0.1) is 8.42 Å². The Kier molecular flexibility index (Phi) is 4.13. The van der Waals surface area contributed by atoms with Crippen molar-refractivity contribution in [3.63, 3.8) is 0 Å². The van der Waals surface area contributed by atoms with Crippen molar-refractivity contribution in [3.8, 4) is 0 Å². The van der Waals surface area contributed by atoms with Crippen LogP contribution in [0.25, 0.3) is 10.8 Å². The lowest BCUT2D eigenvalue weighted by Crippen LogP contribution is -2.14. The molecule has 0 aliphatic carbocycles. The smallest absolute Gasteiger partial charge is 0.511 e. The van der Waals surface area contributed by atoms with Gasteiger partial charge in [-0.05, 0) is 23.3 Å². The van der Waals surface area contributed by atoms with Crippen LogP contribution < -0.4 is 0 Å². The zero-order chi connectivity index (χ0) is 14.3. The molecule has 5 nitrogen and oxygen atoms in total. The van der Waals surface area contributed by atoms with Gasteiger partial charge >= 0.3 is 10.3 Å². The molecule has 0 amide bonds. The number of fused-ring (bicyclic) bond motifs is 3. The average molecular weight is 307 g/mol. The first kappa shape index (κ1) is 15.6. The van der Waals surface area contributed by atoms with Crippen molar-refractivity contribution in [1.29, 1.82) is 0 Å². The molecular formula is C15H17NO4S. The summed E-state index contributed by atoms with van der Waals surface area (Å²) in [5.74, 6) is 0.0167. The molecule has 0 aromatic heterocycles. The molecule has 112 valence electrons. The lowest BCUT2D eigenvalue weighted by Gasteiger charge is -2.07. The Morgan fingerprint density at radius 3 is 2.57 bits per heavy atom. The van der Waals surface area contributed by atoms with Crippen molar-refractivity contribution >= 4 is 33.0 Å². The summed E-state index contributed by atoms with van der Waals surface area (Å²) in [6.07, 6.45) is 3.41. The predicted molar refractivity (Wildman–Crippen MR) is 81.1 cm³/mol. The molecule has 6 heteroatoms. The Balaban J connectivity index is 0.00000161. The molecule has 0 saturated carbocycles. The van der Waals surface area contributed by atoms with Gasteiger partial charge in [0.25, 0.3) is 0 Å². The summed E-state index contributed by atoms with van der Waals surface area (Å²) in [7, 11) is -4.26. The maximum atomic E-state index is 11.5. The van der Waals surface area contributed by atoms with Gasteiger partial charge in [0.05, 0.1) is 5.92 Å². The van der Waals surface area contributed by atoms with E-state index in [2.05, 4.69) is 6.92 Å². The van der Waals surface area contributed by atoms with Crippen LogP contribution in [0.15, 0.2) is 36.4 Å². The molecule has 2 N–H and O–H groups in total. The first-order valence-electron chi connectivity index (χ1n) is 6.66. The van der Waals surface area contributed by atoms with Crippen molar-refractivity contribution < 1.29 is 22.4 Å². The number of nitrogens with zero attached hydrogens (tertiary/aromatic N) is 1. The molecule has 1 heterocycles. The summed E-state index contributed by atoms with van der Waals surface area (Å²) in [6.45, 7) is 2.06. The summed E-state index contributed by atoms with van der Waals surface area (Å²) in [5.41, 5.74) is 1.55. The van der Waals surface area contributed by atoms with Crippen LogP contribution in [-0.4, -0.2) is 28.6 Å². The van der Waals surface area contributed by atoms with E-state index in [0.717, 1.165) is 33.2 Å². The normalized spacial score (nSPS) is 17.2. The van der Waals surface area contributed by atoms with Crippen molar-refractivity contribution in [2.24, 2.45) is 0 Å². The fourth-order valence-electron chi connectivity index (χ4n) is 2.92. The summed E-state index contributed by atoms with van der Waals surface area (Å²) >= 11 is 0. The van der Waals surface area contributed by atoms with E-state index in [1.807, 2.05) is 30.3 Å². The van der Waals surface area contributed by atoms with E-state index in [-0.39, 0.29) is 11.4 Å². The Morgan fingerprint density at radius 1 is 1.19 bits per heavy atom. The molecule has 0 fully saturated rings. The highest BCUT2D eigenvalue weighted by Crippen LogP contribution is 2.40. The van der Waals surface area contributed by atoms with Crippen molar-refractivity contribution in [2.75, 3.05) is 0 Å². The van der Waals surface area contributed by atoms with E-state index < -0.39 is 10.3 Å². The van der Waals surface area contributed by atoms with Crippen molar-refractivity contribution in [1.82, 2.24) is 0 Å². The van der Waals surface area contributed by atoms with E-state index in [4.69, 9.17) is 0 Å². The van der Waals surface area contributed by atoms with Crippen LogP contribution in [0.5, 0.6) is 0 Å². The van der Waals surface area contributed by atoms with Crippen LogP contribution in [0, 0.1) is 0 Å². The van der Waals surface area contributed by atoms with Gasteiger partial charge in [-0.1, -0.05) is 41.6 Å². The fraction of sp³-hybridized carbons (Fsp3) is 0.267. The second-order valence-corrected chi connectivity index (χ2v) is 6.33. The van der Waals surface area contributed by atoms with Gasteiger partial charge in [0, 0.05) is 11.6 Å². The highest BCUT2D eigenvalue weighted by molar-refractivity contribution is 7.79. The quantitative estimate of drug-likeness (QED) is 0.697. The van der Waals surface area contributed by atoms with Gasteiger partial charge < -0.3 is 5.48 Å². The van der Waals surface area contributed by atoms with Crippen LogP contribution in [0.4, 0.5) is 5.69 Å². The van der Waals surface area contributed by atoms with Crippen molar-refractivity contribution in [3.05, 3.63) is 42.0 Å². The SMILES string of the molecule is CCCC1C=[N+](S(=O)(=O)O)c2ccc3ccccc3c21.[OH-]. The summed E-state index contributed by atoms with van der Waals surface area (Å²) < 4.78 is 33.4. The van der Waals surface area contributed by atoms with E-state index >= 15 is 0 Å². The fourth-order valence-corrected chi connectivity index (χ4v) is 3.62. The summed E-state index contributed by atoms with van der Waals surface area (Å²) in [4.78, 5) is 0. The molecular weight excluding hydrogens is 290 g/mol. The maximum absolute atomic E-state index is 11.5. The third-order valence-electron chi connectivity index (χ3n) is 3.72. The molecule has 1 atom stereocenters. The minimum atomic E-state index is -4.26. The van der Waals surface area contributed by atoms with Crippen LogP contribution in [0.1, 0.15) is 31.2 Å². The summed E-state index contributed by atoms with van der Waals surface area (Å²) in [5, 5.41) is 2.13.